The van der Waals surface area contributed by atoms with Gasteiger partial charge >= 0.3 is 0 Å². The molecule has 2 rings (SSSR count). The van der Waals surface area contributed by atoms with Gasteiger partial charge in [-0.3, -0.25) is 0 Å². The lowest BCUT2D eigenvalue weighted by Crippen LogP contribution is -1.99. The Morgan fingerprint density at radius 3 is 2.69 bits per heavy atom. The third-order valence-corrected chi connectivity index (χ3v) is 2.83. The van der Waals surface area contributed by atoms with Crippen LogP contribution in [0.3, 0.4) is 0 Å². The molecule has 84 valence electrons. The zero-order chi connectivity index (χ0) is 11.5. The van der Waals surface area contributed by atoms with Crippen LogP contribution in [0.25, 0.3) is 0 Å². The number of halogens is 1. The molecule has 1 aliphatic heterocycles. The Balaban J connectivity index is 2.63. The van der Waals surface area contributed by atoms with E-state index in [9.17, 15) is 0 Å². The van der Waals surface area contributed by atoms with Gasteiger partial charge in [0.25, 0.3) is 0 Å². The normalized spacial score (nSPS) is 14.1. The summed E-state index contributed by atoms with van der Waals surface area (Å²) in [7, 11) is 0. The van der Waals surface area contributed by atoms with E-state index in [2.05, 4.69) is 6.07 Å². The van der Waals surface area contributed by atoms with Gasteiger partial charge in [0.2, 0.25) is 0 Å². The van der Waals surface area contributed by atoms with E-state index >= 15 is 0 Å². The molecule has 3 nitrogen and oxygen atoms in total. The molecule has 0 aliphatic carbocycles. The molecule has 1 heterocycles. The van der Waals surface area contributed by atoms with Crippen molar-refractivity contribution in [1.29, 1.82) is 5.26 Å². The van der Waals surface area contributed by atoms with Crippen molar-refractivity contribution in [1.82, 2.24) is 0 Å². The van der Waals surface area contributed by atoms with Crippen molar-refractivity contribution in [3.05, 3.63) is 22.2 Å². The molecule has 16 heavy (non-hydrogen) atoms. The Kier molecular flexibility index (Phi) is 3.21. The molecular weight excluding hydrogens is 226 g/mol. The molecule has 1 aromatic rings. The maximum absolute atomic E-state index is 9.04. The van der Waals surface area contributed by atoms with E-state index in [1.807, 2.05) is 6.92 Å². The van der Waals surface area contributed by atoms with Crippen molar-refractivity contribution in [2.45, 2.75) is 19.8 Å². The Morgan fingerprint density at radius 1 is 1.38 bits per heavy atom. The summed E-state index contributed by atoms with van der Waals surface area (Å²) in [6, 6.07) is 3.78. The van der Waals surface area contributed by atoms with E-state index < -0.39 is 0 Å². The van der Waals surface area contributed by atoms with Gasteiger partial charge in [-0.1, -0.05) is 18.5 Å². The second-order valence-corrected chi connectivity index (χ2v) is 3.97. The highest BCUT2D eigenvalue weighted by Crippen LogP contribution is 2.41. The molecule has 1 aromatic carbocycles. The molecule has 0 N–H and O–H groups in total. The molecule has 1 aliphatic rings. The van der Waals surface area contributed by atoms with Gasteiger partial charge in [-0.2, -0.15) is 5.26 Å². The molecule has 0 spiro atoms. The summed E-state index contributed by atoms with van der Waals surface area (Å²) in [5, 5.41) is 9.49. The predicted octanol–water partition coefficient (Wildman–Crippen LogP) is 2.94. The minimum atomic E-state index is 0.450. The molecular formula is C12H12ClNO2. The van der Waals surface area contributed by atoms with Crippen LogP contribution in [0, 0.1) is 11.3 Å². The van der Waals surface area contributed by atoms with Gasteiger partial charge in [-0.05, 0) is 12.5 Å². The van der Waals surface area contributed by atoms with Crippen molar-refractivity contribution in [2.75, 3.05) is 13.2 Å². The fourth-order valence-electron chi connectivity index (χ4n) is 1.79. The van der Waals surface area contributed by atoms with Crippen LogP contribution in [0.15, 0.2) is 6.07 Å². The Labute approximate surface area is 99.5 Å². The average molecular weight is 238 g/mol. The third kappa shape index (κ3) is 1.81. The monoisotopic (exact) mass is 237 g/mol. The van der Waals surface area contributed by atoms with Gasteiger partial charge in [-0.25, -0.2) is 0 Å². The number of nitrogens with zero attached hydrogens (tertiary/aromatic N) is 1. The van der Waals surface area contributed by atoms with Gasteiger partial charge in [0.15, 0.2) is 11.5 Å². The largest absolute Gasteiger partial charge is 0.489 e. The van der Waals surface area contributed by atoms with E-state index in [1.165, 1.54) is 0 Å². The Morgan fingerprint density at radius 2 is 2.06 bits per heavy atom. The maximum Gasteiger partial charge on any atom is 0.180 e. The summed E-state index contributed by atoms with van der Waals surface area (Å²) in [5.74, 6) is 1.22. The van der Waals surface area contributed by atoms with Crippen LogP contribution in [0.5, 0.6) is 11.5 Å². The van der Waals surface area contributed by atoms with E-state index in [0.29, 0.717) is 35.3 Å². The maximum atomic E-state index is 9.04. The van der Waals surface area contributed by atoms with Crippen LogP contribution in [-0.2, 0) is 6.42 Å². The van der Waals surface area contributed by atoms with Gasteiger partial charge in [-0.15, -0.1) is 0 Å². The highest BCUT2D eigenvalue weighted by Gasteiger charge is 2.20. The highest BCUT2D eigenvalue weighted by atomic mass is 35.5. The summed E-state index contributed by atoms with van der Waals surface area (Å²) in [4.78, 5) is 0. The molecule has 0 fully saturated rings. The predicted molar refractivity (Wildman–Crippen MR) is 61.2 cm³/mol. The molecule has 0 atom stereocenters. The molecule has 0 bridgehead atoms. The number of hydrogen-bond donors (Lipinski definition) is 0. The molecule has 0 saturated heterocycles. The van der Waals surface area contributed by atoms with E-state index in [1.54, 1.807) is 6.07 Å². The van der Waals surface area contributed by atoms with Crippen molar-refractivity contribution in [3.63, 3.8) is 0 Å². The molecule has 0 saturated carbocycles. The van der Waals surface area contributed by atoms with Gasteiger partial charge < -0.3 is 9.47 Å². The smallest absolute Gasteiger partial charge is 0.180 e. The topological polar surface area (TPSA) is 42.2 Å². The van der Waals surface area contributed by atoms with E-state index in [-0.39, 0.29) is 0 Å². The zero-order valence-electron chi connectivity index (χ0n) is 9.05. The van der Waals surface area contributed by atoms with Crippen LogP contribution in [-0.4, -0.2) is 13.2 Å². The van der Waals surface area contributed by atoms with Crippen LogP contribution in [0.4, 0.5) is 0 Å². The number of ether oxygens (including phenoxy) is 2. The van der Waals surface area contributed by atoms with Crippen molar-refractivity contribution in [3.8, 4) is 17.6 Å². The first kappa shape index (κ1) is 11.1. The minimum Gasteiger partial charge on any atom is -0.489 e. The van der Waals surface area contributed by atoms with Crippen LogP contribution >= 0.6 is 11.6 Å². The van der Waals surface area contributed by atoms with Crippen molar-refractivity contribution >= 4 is 11.6 Å². The SMILES string of the molecule is CCc1c(C#N)cc(Cl)c2c1OCCCO2. The second-order valence-electron chi connectivity index (χ2n) is 3.56. The van der Waals surface area contributed by atoms with Crippen LogP contribution in [0.2, 0.25) is 5.02 Å². The van der Waals surface area contributed by atoms with Crippen molar-refractivity contribution < 1.29 is 9.47 Å². The van der Waals surface area contributed by atoms with Crippen LogP contribution < -0.4 is 9.47 Å². The lowest BCUT2D eigenvalue weighted by molar-refractivity contribution is 0.296. The highest BCUT2D eigenvalue weighted by molar-refractivity contribution is 6.32. The lowest BCUT2D eigenvalue weighted by atomic mass is 10.0. The number of fused-ring (bicyclic) bond motifs is 1. The first-order chi connectivity index (χ1) is 7.77. The summed E-state index contributed by atoms with van der Waals surface area (Å²) in [5.41, 5.74) is 1.44. The summed E-state index contributed by atoms with van der Waals surface area (Å²) in [6.45, 7) is 3.19. The molecule has 0 amide bonds. The fourth-order valence-corrected chi connectivity index (χ4v) is 2.04. The van der Waals surface area contributed by atoms with Crippen molar-refractivity contribution in [2.24, 2.45) is 0 Å². The van der Waals surface area contributed by atoms with Crippen LogP contribution in [0.1, 0.15) is 24.5 Å². The first-order valence-electron chi connectivity index (χ1n) is 5.29. The zero-order valence-corrected chi connectivity index (χ0v) is 9.80. The summed E-state index contributed by atoms with van der Waals surface area (Å²) >= 11 is 6.07. The lowest BCUT2D eigenvalue weighted by Gasteiger charge is -2.14. The third-order valence-electron chi connectivity index (χ3n) is 2.55. The van der Waals surface area contributed by atoms with Gasteiger partial charge in [0, 0.05) is 12.0 Å². The fraction of sp³-hybridized carbons (Fsp3) is 0.417. The number of nitriles is 1. The quantitative estimate of drug-likeness (QED) is 0.754. The Bertz CT molecular complexity index is 451. The number of hydrogen-bond acceptors (Lipinski definition) is 3. The number of rotatable bonds is 1. The molecule has 4 heteroatoms. The van der Waals surface area contributed by atoms with Gasteiger partial charge in [0.05, 0.1) is 29.9 Å². The minimum absolute atomic E-state index is 0.450. The molecule has 0 aromatic heterocycles. The van der Waals surface area contributed by atoms with Gasteiger partial charge in [0.1, 0.15) is 0 Å². The second kappa shape index (κ2) is 4.63. The average Bonchev–Trinajstić information content (AvgIpc) is 2.54. The standard InChI is InChI=1S/C12H12ClNO2/c1-2-9-8(7-14)6-10(13)12-11(9)15-4-3-5-16-12/h6H,2-5H2,1H3. The first-order valence-corrected chi connectivity index (χ1v) is 5.66. The van der Waals surface area contributed by atoms with E-state index in [4.69, 9.17) is 26.3 Å². The summed E-state index contributed by atoms with van der Waals surface area (Å²) in [6.07, 6.45) is 1.56. The van der Waals surface area contributed by atoms with E-state index in [0.717, 1.165) is 18.4 Å². The molecule has 0 unspecified atom stereocenters. The number of benzene rings is 1. The Hall–Kier alpha value is -1.40. The summed E-state index contributed by atoms with van der Waals surface area (Å²) < 4.78 is 11.2. The molecule has 0 radical (unpaired) electrons.